The first-order valence-electron chi connectivity index (χ1n) is 0. The van der Waals surface area contributed by atoms with Crippen molar-refractivity contribution in [3.05, 3.63) is 0 Å². The third kappa shape index (κ3) is 39.6. The van der Waals surface area contributed by atoms with Crippen LogP contribution in [0.2, 0.25) is 0 Å². The van der Waals surface area contributed by atoms with Crippen LogP contribution < -0.4 is 0 Å². The zero-order chi connectivity index (χ0) is 0. The Morgan fingerprint density at radius 2 is 0.667 bits per heavy atom. The minimum absolute atomic E-state index is 0. The molecule has 0 aromatic rings. The molecular weight excluding hydrogens is 528 g/mol. The first kappa shape index (κ1) is 106. The minimum atomic E-state index is 0. The second-order valence-corrected chi connectivity index (χ2v) is 0. The van der Waals surface area contributed by atoms with Crippen LogP contribution in [0.3, 0.4) is 0 Å². The van der Waals surface area contributed by atoms with Crippen LogP contribution in [-0.2, 0) is 78.0 Å². The van der Waals surface area contributed by atoms with E-state index in [4.69, 9.17) is 0 Å². The van der Waals surface area contributed by atoms with E-state index in [1.54, 1.807) is 0 Å². The fraction of sp³-hybridized carbons (Fsp3) is 0. The molecule has 0 rings (SSSR count). The molecule has 0 heterocycles. The molecule has 0 saturated carbocycles. The molecule has 0 aromatic carbocycles. The standard InChI is InChI=1S/3O.Pt.Ru.W/q3*-2;;;+6. The van der Waals surface area contributed by atoms with Crippen LogP contribution >= 0.6 is 0 Å². The summed E-state index contributed by atoms with van der Waals surface area (Å²) < 4.78 is 0. The fourth-order valence-electron chi connectivity index (χ4n) is 0. The molecule has 0 N–H and O–H groups in total. The Labute approximate surface area is 77.5 Å². The maximum Gasteiger partial charge on any atom is 6.00 e. The molecule has 0 aliphatic rings. The van der Waals surface area contributed by atoms with E-state index in [1.807, 2.05) is 0 Å². The van der Waals surface area contributed by atoms with Crippen molar-refractivity contribution in [2.75, 3.05) is 0 Å². The van der Waals surface area contributed by atoms with Crippen molar-refractivity contribution in [1.82, 2.24) is 0 Å². The zero-order valence-corrected chi connectivity index (χ0v) is 9.25. The van der Waals surface area contributed by atoms with E-state index in [0.717, 1.165) is 0 Å². The van der Waals surface area contributed by atoms with Crippen molar-refractivity contribution in [3.8, 4) is 0 Å². The molecule has 0 amide bonds. The molecular formula is O3PtRuW. The largest absolute Gasteiger partial charge is 6.00 e. The van der Waals surface area contributed by atoms with E-state index in [9.17, 15) is 0 Å². The second-order valence-electron chi connectivity index (χ2n) is 0. The van der Waals surface area contributed by atoms with Crippen LogP contribution in [0.5, 0.6) is 0 Å². The van der Waals surface area contributed by atoms with Gasteiger partial charge in [-0.15, -0.1) is 0 Å². The summed E-state index contributed by atoms with van der Waals surface area (Å²) >= 11 is 0. The van der Waals surface area contributed by atoms with Crippen LogP contribution in [0.15, 0.2) is 0 Å². The number of hydrogen-bond donors (Lipinski definition) is 0. The van der Waals surface area contributed by atoms with Gasteiger partial charge in [-0.25, -0.2) is 0 Å². The fourth-order valence-corrected chi connectivity index (χ4v) is 0. The summed E-state index contributed by atoms with van der Waals surface area (Å²) in [6, 6.07) is 0. The summed E-state index contributed by atoms with van der Waals surface area (Å²) in [5.74, 6) is 0. The molecule has 0 fully saturated rings. The molecule has 0 saturated heterocycles. The van der Waals surface area contributed by atoms with Crippen LogP contribution in [0.25, 0.3) is 0 Å². The van der Waals surface area contributed by atoms with Gasteiger partial charge in [-0.2, -0.15) is 0 Å². The van der Waals surface area contributed by atoms with Gasteiger partial charge in [0.25, 0.3) is 0 Å². The van der Waals surface area contributed by atoms with Gasteiger partial charge in [0.2, 0.25) is 0 Å². The molecule has 6 heavy (non-hydrogen) atoms. The predicted molar refractivity (Wildman–Crippen MR) is 2.06 cm³/mol. The van der Waals surface area contributed by atoms with Gasteiger partial charge >= 0.3 is 21.1 Å². The SMILES string of the molecule is [O-2].[O-2].[O-2].[Pt].[Ru].[W+6]. The third-order valence-electron chi connectivity index (χ3n) is 0. The van der Waals surface area contributed by atoms with E-state index in [2.05, 4.69) is 0 Å². The quantitative estimate of drug-likeness (QED) is 0.385. The predicted octanol–water partition coefficient (Wildman–Crippen LogP) is -0.364. The Balaban J connectivity index is 0. The van der Waals surface area contributed by atoms with E-state index in [0.29, 0.717) is 0 Å². The summed E-state index contributed by atoms with van der Waals surface area (Å²) in [7, 11) is 0. The van der Waals surface area contributed by atoms with Gasteiger partial charge in [0.1, 0.15) is 0 Å². The molecule has 3 nitrogen and oxygen atoms in total. The summed E-state index contributed by atoms with van der Waals surface area (Å²) in [5.41, 5.74) is 0. The van der Waals surface area contributed by atoms with Crippen molar-refractivity contribution >= 4 is 0 Å². The third-order valence-corrected chi connectivity index (χ3v) is 0. The first-order chi connectivity index (χ1) is 0. The molecule has 0 aliphatic heterocycles. The van der Waals surface area contributed by atoms with Gasteiger partial charge in [-0.3, -0.25) is 0 Å². The Morgan fingerprint density at radius 1 is 0.667 bits per heavy atom. The number of rotatable bonds is 0. The normalized spacial score (nSPS) is 0. The Kier molecular flexibility index (Phi) is 1180. The minimum Gasteiger partial charge on any atom is -2.00 e. The van der Waals surface area contributed by atoms with Gasteiger partial charge in [0.05, 0.1) is 0 Å². The molecule has 0 aliphatic carbocycles. The van der Waals surface area contributed by atoms with Crippen molar-refractivity contribution in [1.29, 1.82) is 0 Å². The zero-order valence-electron chi connectivity index (χ0n) is 2.30. The summed E-state index contributed by atoms with van der Waals surface area (Å²) in [6.07, 6.45) is 0. The van der Waals surface area contributed by atoms with Crippen LogP contribution in [0.1, 0.15) is 0 Å². The summed E-state index contributed by atoms with van der Waals surface area (Å²) in [4.78, 5) is 0. The van der Waals surface area contributed by atoms with Crippen LogP contribution in [0.4, 0.5) is 0 Å². The molecule has 42 valence electrons. The van der Waals surface area contributed by atoms with Crippen molar-refractivity contribution in [2.45, 2.75) is 0 Å². The van der Waals surface area contributed by atoms with Gasteiger partial charge < -0.3 is 16.4 Å². The Bertz CT molecular complexity index is 10.8. The summed E-state index contributed by atoms with van der Waals surface area (Å²) in [5, 5.41) is 0. The summed E-state index contributed by atoms with van der Waals surface area (Å²) in [6.45, 7) is 0. The van der Waals surface area contributed by atoms with Gasteiger partial charge in [0.15, 0.2) is 0 Å². The monoisotopic (exact) mass is 529 g/mol. The van der Waals surface area contributed by atoms with Crippen LogP contribution in [0, 0.1) is 0 Å². The molecule has 0 spiro atoms. The molecule has 0 atom stereocenters. The molecule has 6 heteroatoms. The average molecular weight is 528 g/mol. The van der Waals surface area contributed by atoms with Gasteiger partial charge in [0, 0.05) is 40.5 Å². The number of hydrogen-bond acceptors (Lipinski definition) is 0. The van der Waals surface area contributed by atoms with Gasteiger partial charge in [-0.1, -0.05) is 0 Å². The second kappa shape index (κ2) is 67.3. The van der Waals surface area contributed by atoms with E-state index < -0.39 is 0 Å². The molecule has 0 radical (unpaired) electrons. The Morgan fingerprint density at radius 3 is 0.667 bits per heavy atom. The van der Waals surface area contributed by atoms with Crippen molar-refractivity contribution in [2.24, 2.45) is 0 Å². The van der Waals surface area contributed by atoms with Crippen LogP contribution in [-0.4, -0.2) is 0 Å². The molecule has 0 unspecified atom stereocenters. The smallest absolute Gasteiger partial charge is 2.00 e. The topological polar surface area (TPSA) is 85.5 Å². The molecule has 0 aromatic heterocycles. The maximum absolute atomic E-state index is 0. The maximum atomic E-state index is 0. The van der Waals surface area contributed by atoms with Crippen molar-refractivity contribution < 1.29 is 78.0 Å². The van der Waals surface area contributed by atoms with Gasteiger partial charge in [-0.05, 0) is 0 Å². The Hall–Kier alpha value is 1.88. The first-order valence-corrected chi connectivity index (χ1v) is 0. The van der Waals surface area contributed by atoms with E-state index in [1.165, 1.54) is 0 Å². The van der Waals surface area contributed by atoms with E-state index in [-0.39, 0.29) is 78.0 Å². The van der Waals surface area contributed by atoms with Crippen molar-refractivity contribution in [3.63, 3.8) is 0 Å². The van der Waals surface area contributed by atoms with E-state index >= 15 is 0 Å². The molecule has 0 bridgehead atoms. The average Bonchev–Trinajstić information content (AvgIpc) is 0.